The fourth-order valence-corrected chi connectivity index (χ4v) is 1.95. The molecule has 21 heavy (non-hydrogen) atoms. The van der Waals surface area contributed by atoms with Crippen molar-refractivity contribution in [3.63, 3.8) is 0 Å². The summed E-state index contributed by atoms with van der Waals surface area (Å²) in [6, 6.07) is 4.25. The van der Waals surface area contributed by atoms with Crippen LogP contribution in [-0.2, 0) is 11.3 Å². The highest BCUT2D eigenvalue weighted by molar-refractivity contribution is 5.82. The number of carbonyl (C=O) groups is 2. The number of nitrogens with zero attached hydrogens (tertiary/aromatic N) is 2. The first-order valence-electron chi connectivity index (χ1n) is 7.12. The molecule has 0 aliphatic carbocycles. The fraction of sp³-hybridized carbons (Fsp3) is 0.533. The number of pyridine rings is 1. The van der Waals surface area contributed by atoms with Crippen LogP contribution >= 0.6 is 0 Å². The summed E-state index contributed by atoms with van der Waals surface area (Å²) in [5.41, 5.74) is 0.769. The van der Waals surface area contributed by atoms with Crippen LogP contribution in [0.2, 0.25) is 0 Å². The zero-order valence-electron chi connectivity index (χ0n) is 12.7. The molecule has 1 aromatic rings. The molecular weight excluding hydrogens is 270 g/mol. The summed E-state index contributed by atoms with van der Waals surface area (Å²) < 4.78 is 0. The highest BCUT2D eigenvalue weighted by atomic mass is 16.4. The minimum absolute atomic E-state index is 0.192. The largest absolute Gasteiger partial charge is 0.480 e. The summed E-state index contributed by atoms with van der Waals surface area (Å²) >= 11 is 0. The van der Waals surface area contributed by atoms with E-state index in [2.05, 4.69) is 10.3 Å². The van der Waals surface area contributed by atoms with Crippen molar-refractivity contribution in [2.75, 3.05) is 6.54 Å². The van der Waals surface area contributed by atoms with E-state index in [1.54, 1.807) is 11.1 Å². The van der Waals surface area contributed by atoms with E-state index in [0.29, 0.717) is 19.5 Å². The average molecular weight is 293 g/mol. The fourth-order valence-electron chi connectivity index (χ4n) is 1.95. The predicted molar refractivity (Wildman–Crippen MR) is 79.7 cm³/mol. The van der Waals surface area contributed by atoms with Crippen LogP contribution in [0.1, 0.15) is 32.9 Å². The third kappa shape index (κ3) is 5.81. The van der Waals surface area contributed by atoms with Crippen LogP contribution in [0.5, 0.6) is 0 Å². The van der Waals surface area contributed by atoms with Crippen molar-refractivity contribution in [2.45, 2.75) is 39.8 Å². The van der Waals surface area contributed by atoms with Crippen LogP contribution in [0.25, 0.3) is 0 Å². The van der Waals surface area contributed by atoms with Gasteiger partial charge in [-0.1, -0.05) is 19.9 Å². The molecule has 2 N–H and O–H groups in total. The van der Waals surface area contributed by atoms with Gasteiger partial charge in [0.1, 0.15) is 6.04 Å². The summed E-state index contributed by atoms with van der Waals surface area (Å²) in [4.78, 5) is 29.1. The number of hydrogen-bond acceptors (Lipinski definition) is 3. The smallest absolute Gasteiger partial charge is 0.326 e. The maximum Gasteiger partial charge on any atom is 0.326 e. The van der Waals surface area contributed by atoms with E-state index >= 15 is 0 Å². The topological polar surface area (TPSA) is 82.5 Å². The molecule has 0 radical (unpaired) electrons. The average Bonchev–Trinajstić information content (AvgIpc) is 2.44. The molecule has 1 atom stereocenters. The normalized spacial score (nSPS) is 12.0. The molecule has 0 saturated heterocycles. The first kappa shape index (κ1) is 16.9. The lowest BCUT2D eigenvalue weighted by molar-refractivity contribution is -0.139. The van der Waals surface area contributed by atoms with Gasteiger partial charge in [0.2, 0.25) is 0 Å². The van der Waals surface area contributed by atoms with E-state index in [0.717, 1.165) is 5.69 Å². The molecule has 0 spiro atoms. The van der Waals surface area contributed by atoms with E-state index in [1.165, 1.54) is 0 Å². The number of carboxylic acids is 1. The Kier molecular flexibility index (Phi) is 6.65. The van der Waals surface area contributed by atoms with Crippen molar-refractivity contribution in [3.8, 4) is 0 Å². The number of carboxylic acid groups (broad SMARTS) is 1. The minimum Gasteiger partial charge on any atom is -0.480 e. The minimum atomic E-state index is -1.01. The summed E-state index contributed by atoms with van der Waals surface area (Å²) in [5.74, 6) is -0.816. The lowest BCUT2D eigenvalue weighted by Crippen LogP contribution is -2.48. The number of carbonyl (C=O) groups excluding carboxylic acids is 1. The molecule has 2 amide bonds. The van der Waals surface area contributed by atoms with Crippen molar-refractivity contribution < 1.29 is 14.7 Å². The number of nitrogens with one attached hydrogen (secondary N) is 1. The number of rotatable bonds is 7. The number of urea groups is 1. The van der Waals surface area contributed by atoms with Gasteiger partial charge in [-0.3, -0.25) is 4.98 Å². The number of amides is 2. The monoisotopic (exact) mass is 293 g/mol. The van der Waals surface area contributed by atoms with Gasteiger partial charge in [0.25, 0.3) is 0 Å². The Labute approximate surface area is 125 Å². The summed E-state index contributed by atoms with van der Waals surface area (Å²) in [6.45, 7) is 6.54. The molecule has 0 aromatic carbocycles. The zero-order chi connectivity index (χ0) is 15.8. The van der Waals surface area contributed by atoms with Gasteiger partial charge < -0.3 is 15.3 Å². The molecule has 0 bridgehead atoms. The van der Waals surface area contributed by atoms with E-state index in [-0.39, 0.29) is 11.9 Å². The SMILES string of the molecule is CCN(Cc1ccccn1)C(=O)N[C@@H](CC(C)C)C(=O)O. The summed E-state index contributed by atoms with van der Waals surface area (Å²) in [7, 11) is 0. The second-order valence-electron chi connectivity index (χ2n) is 5.31. The van der Waals surface area contributed by atoms with Crippen molar-refractivity contribution in [1.29, 1.82) is 0 Å². The molecule has 6 nitrogen and oxygen atoms in total. The van der Waals surface area contributed by atoms with Gasteiger partial charge in [-0.15, -0.1) is 0 Å². The third-order valence-electron chi connectivity index (χ3n) is 3.05. The van der Waals surface area contributed by atoms with Crippen molar-refractivity contribution >= 4 is 12.0 Å². The second kappa shape index (κ2) is 8.24. The van der Waals surface area contributed by atoms with Crippen molar-refractivity contribution in [2.24, 2.45) is 5.92 Å². The van der Waals surface area contributed by atoms with E-state index < -0.39 is 12.0 Å². The second-order valence-corrected chi connectivity index (χ2v) is 5.31. The molecule has 1 heterocycles. The van der Waals surface area contributed by atoms with Crippen LogP contribution in [-0.4, -0.2) is 39.6 Å². The predicted octanol–water partition coefficient (Wildman–Crippen LogP) is 2.11. The summed E-state index contributed by atoms with van der Waals surface area (Å²) in [6.07, 6.45) is 2.07. The first-order valence-corrected chi connectivity index (χ1v) is 7.12. The van der Waals surface area contributed by atoms with Crippen molar-refractivity contribution in [3.05, 3.63) is 30.1 Å². The Hall–Kier alpha value is -2.11. The quantitative estimate of drug-likeness (QED) is 0.806. The molecule has 0 aliphatic rings. The van der Waals surface area contributed by atoms with Crippen LogP contribution in [0.4, 0.5) is 4.79 Å². The number of aliphatic carboxylic acids is 1. The first-order chi connectivity index (χ1) is 9.93. The van der Waals surface area contributed by atoms with Crippen LogP contribution in [0.15, 0.2) is 24.4 Å². The molecule has 6 heteroatoms. The van der Waals surface area contributed by atoms with Gasteiger partial charge in [0, 0.05) is 12.7 Å². The third-order valence-corrected chi connectivity index (χ3v) is 3.05. The highest BCUT2D eigenvalue weighted by Crippen LogP contribution is 2.07. The maximum atomic E-state index is 12.2. The molecular formula is C15H23N3O3. The van der Waals surface area contributed by atoms with E-state index in [1.807, 2.05) is 39.0 Å². The van der Waals surface area contributed by atoms with Gasteiger partial charge in [0.15, 0.2) is 0 Å². The Bertz CT molecular complexity index is 462. The Morgan fingerprint density at radius 2 is 2.10 bits per heavy atom. The van der Waals surface area contributed by atoms with Gasteiger partial charge >= 0.3 is 12.0 Å². The van der Waals surface area contributed by atoms with Crippen LogP contribution in [0, 0.1) is 5.92 Å². The lowest BCUT2D eigenvalue weighted by atomic mass is 10.0. The Morgan fingerprint density at radius 1 is 1.38 bits per heavy atom. The van der Waals surface area contributed by atoms with Gasteiger partial charge in [-0.05, 0) is 31.4 Å². The Balaban J connectivity index is 2.67. The van der Waals surface area contributed by atoms with Gasteiger partial charge in [0.05, 0.1) is 12.2 Å². The number of aromatic nitrogens is 1. The van der Waals surface area contributed by atoms with Gasteiger partial charge in [-0.25, -0.2) is 9.59 Å². The Morgan fingerprint density at radius 3 is 2.57 bits per heavy atom. The molecule has 1 rings (SSSR count). The molecule has 1 aromatic heterocycles. The molecule has 0 saturated carbocycles. The van der Waals surface area contributed by atoms with Crippen LogP contribution < -0.4 is 5.32 Å². The van der Waals surface area contributed by atoms with Crippen molar-refractivity contribution in [1.82, 2.24) is 15.2 Å². The van der Waals surface area contributed by atoms with E-state index in [9.17, 15) is 9.59 Å². The molecule has 0 aliphatic heterocycles. The lowest BCUT2D eigenvalue weighted by Gasteiger charge is -2.24. The molecule has 116 valence electrons. The number of hydrogen-bond donors (Lipinski definition) is 2. The molecule has 0 fully saturated rings. The molecule has 0 unspecified atom stereocenters. The highest BCUT2D eigenvalue weighted by Gasteiger charge is 2.23. The standard InChI is InChI=1S/C15H23N3O3/c1-4-18(10-12-7-5-6-8-16-12)15(21)17-13(14(19)20)9-11(2)3/h5-8,11,13H,4,9-10H2,1-3H3,(H,17,21)(H,19,20)/t13-/m0/s1. The zero-order valence-corrected chi connectivity index (χ0v) is 12.7. The maximum absolute atomic E-state index is 12.2. The van der Waals surface area contributed by atoms with E-state index in [4.69, 9.17) is 5.11 Å². The van der Waals surface area contributed by atoms with Crippen LogP contribution in [0.3, 0.4) is 0 Å². The van der Waals surface area contributed by atoms with Gasteiger partial charge in [-0.2, -0.15) is 0 Å². The summed E-state index contributed by atoms with van der Waals surface area (Å²) in [5, 5.41) is 11.7.